The summed E-state index contributed by atoms with van der Waals surface area (Å²) in [7, 11) is 0. The molecule has 1 unspecified atom stereocenters. The molecule has 74 valence electrons. The second-order valence-electron chi connectivity index (χ2n) is 2.71. The van der Waals surface area contributed by atoms with Crippen LogP contribution in [-0.2, 0) is 14.3 Å². The Morgan fingerprint density at radius 1 is 1.62 bits per heavy atom. The summed E-state index contributed by atoms with van der Waals surface area (Å²) in [6, 6.07) is 0. The molecule has 13 heavy (non-hydrogen) atoms. The summed E-state index contributed by atoms with van der Waals surface area (Å²) in [5.74, 6) is -0.430. The molecule has 0 N–H and O–H groups in total. The average Bonchev–Trinajstić information content (AvgIpc) is 2.05. The molecule has 3 nitrogen and oxygen atoms in total. The molecule has 3 heteroatoms. The molecule has 0 aromatic rings. The highest BCUT2D eigenvalue weighted by Crippen LogP contribution is 2.07. The van der Waals surface area contributed by atoms with Gasteiger partial charge in [0.2, 0.25) is 6.29 Å². The maximum atomic E-state index is 11.1. The first-order valence-corrected chi connectivity index (χ1v) is 4.24. The number of rotatable bonds is 6. The normalized spacial score (nSPS) is 11.5. The van der Waals surface area contributed by atoms with Crippen LogP contribution in [0.4, 0.5) is 0 Å². The van der Waals surface area contributed by atoms with Gasteiger partial charge in [-0.3, -0.25) is 0 Å². The van der Waals surface area contributed by atoms with Gasteiger partial charge >= 0.3 is 5.97 Å². The molecule has 0 amide bonds. The first-order valence-electron chi connectivity index (χ1n) is 4.24. The van der Waals surface area contributed by atoms with Crippen LogP contribution in [0.15, 0.2) is 25.0 Å². The van der Waals surface area contributed by atoms with E-state index in [-0.39, 0.29) is 0 Å². The van der Waals surface area contributed by atoms with Crippen LogP contribution >= 0.6 is 0 Å². The van der Waals surface area contributed by atoms with E-state index in [1.807, 2.05) is 6.92 Å². The van der Waals surface area contributed by atoms with Crippen LogP contribution in [0.5, 0.6) is 0 Å². The molecular formula is C10H16O3. The Bertz CT molecular complexity index is 196. The Kier molecular flexibility index (Phi) is 5.68. The van der Waals surface area contributed by atoms with E-state index in [1.54, 1.807) is 6.92 Å². The van der Waals surface area contributed by atoms with Gasteiger partial charge in [0, 0.05) is 12.0 Å². The lowest BCUT2D eigenvalue weighted by Gasteiger charge is -2.15. The lowest BCUT2D eigenvalue weighted by Crippen LogP contribution is -2.19. The molecule has 0 spiro atoms. The van der Waals surface area contributed by atoms with Gasteiger partial charge in [-0.25, -0.2) is 4.79 Å². The highest BCUT2D eigenvalue weighted by Gasteiger charge is 2.13. The predicted molar refractivity (Wildman–Crippen MR) is 50.9 cm³/mol. The second kappa shape index (κ2) is 6.29. The number of esters is 1. The minimum absolute atomic E-state index is 0.369. The molecule has 0 aromatic carbocycles. The fraction of sp³-hybridized carbons (Fsp3) is 0.500. The number of ether oxygens (including phenoxy) is 2. The number of hydrogen-bond acceptors (Lipinski definition) is 3. The van der Waals surface area contributed by atoms with E-state index >= 15 is 0 Å². The molecule has 0 rings (SSSR count). The van der Waals surface area contributed by atoms with Crippen LogP contribution in [0, 0.1) is 0 Å². The zero-order chi connectivity index (χ0) is 10.3. The number of carbonyl (C=O) groups is 1. The van der Waals surface area contributed by atoms with E-state index in [1.165, 1.54) is 6.26 Å². The Morgan fingerprint density at radius 3 is 2.62 bits per heavy atom. The third-order valence-electron chi connectivity index (χ3n) is 1.36. The quantitative estimate of drug-likeness (QED) is 0.275. The van der Waals surface area contributed by atoms with Gasteiger partial charge in [-0.15, -0.1) is 0 Å². The van der Waals surface area contributed by atoms with E-state index < -0.39 is 12.3 Å². The molecule has 0 saturated heterocycles. The van der Waals surface area contributed by atoms with Crippen LogP contribution in [0.25, 0.3) is 0 Å². The summed E-state index contributed by atoms with van der Waals surface area (Å²) in [5.41, 5.74) is 0.369. The van der Waals surface area contributed by atoms with Gasteiger partial charge in [0.05, 0.1) is 6.26 Å². The molecule has 0 radical (unpaired) electrons. The van der Waals surface area contributed by atoms with Crippen LogP contribution in [0.2, 0.25) is 0 Å². The summed E-state index contributed by atoms with van der Waals surface area (Å²) in [4.78, 5) is 11.1. The zero-order valence-corrected chi connectivity index (χ0v) is 8.21. The van der Waals surface area contributed by atoms with Crippen molar-refractivity contribution < 1.29 is 14.3 Å². The van der Waals surface area contributed by atoms with E-state index in [0.29, 0.717) is 12.0 Å². The Balaban J connectivity index is 4.00. The van der Waals surface area contributed by atoms with Crippen molar-refractivity contribution >= 4 is 5.97 Å². The summed E-state index contributed by atoms with van der Waals surface area (Å²) < 4.78 is 9.94. The summed E-state index contributed by atoms with van der Waals surface area (Å²) in [5, 5.41) is 0. The smallest absolute Gasteiger partial charge is 0.336 e. The minimum Gasteiger partial charge on any atom is -0.463 e. The largest absolute Gasteiger partial charge is 0.463 e. The fourth-order valence-electron chi connectivity index (χ4n) is 0.718. The first kappa shape index (κ1) is 11.8. The maximum absolute atomic E-state index is 11.1. The third-order valence-corrected chi connectivity index (χ3v) is 1.36. The number of hydrogen-bond donors (Lipinski definition) is 0. The highest BCUT2D eigenvalue weighted by molar-refractivity contribution is 5.86. The van der Waals surface area contributed by atoms with Crippen molar-refractivity contribution in [2.24, 2.45) is 0 Å². The summed E-state index contributed by atoms with van der Waals surface area (Å²) >= 11 is 0. The fourth-order valence-corrected chi connectivity index (χ4v) is 0.718. The second-order valence-corrected chi connectivity index (χ2v) is 2.71. The molecule has 0 saturated carbocycles. The summed E-state index contributed by atoms with van der Waals surface area (Å²) in [6.45, 7) is 10.4. The molecule has 0 aliphatic heterocycles. The molecule has 0 fully saturated rings. The molecule has 1 atom stereocenters. The maximum Gasteiger partial charge on any atom is 0.336 e. The Hall–Kier alpha value is -1.25. The van der Waals surface area contributed by atoms with Gasteiger partial charge in [-0.1, -0.05) is 20.1 Å². The van der Waals surface area contributed by atoms with Gasteiger partial charge < -0.3 is 9.47 Å². The van der Waals surface area contributed by atoms with Crippen molar-refractivity contribution in [3.05, 3.63) is 25.0 Å². The van der Waals surface area contributed by atoms with Crippen molar-refractivity contribution in [1.29, 1.82) is 0 Å². The van der Waals surface area contributed by atoms with Crippen LogP contribution < -0.4 is 0 Å². The van der Waals surface area contributed by atoms with Gasteiger partial charge in [0.15, 0.2) is 0 Å². The van der Waals surface area contributed by atoms with E-state index in [0.717, 1.165) is 6.42 Å². The van der Waals surface area contributed by atoms with Crippen molar-refractivity contribution in [2.45, 2.75) is 33.0 Å². The molecular weight excluding hydrogens is 168 g/mol. The van der Waals surface area contributed by atoms with Crippen LogP contribution in [0.3, 0.4) is 0 Å². The lowest BCUT2D eigenvalue weighted by atomic mass is 10.3. The SMILES string of the molecule is C=COC(CCC)OC(=O)C(=C)C. The predicted octanol–water partition coefficient (Wildman–Crippen LogP) is 2.39. The van der Waals surface area contributed by atoms with Crippen LogP contribution in [0.1, 0.15) is 26.7 Å². The molecule has 0 heterocycles. The van der Waals surface area contributed by atoms with Crippen molar-refractivity contribution in [1.82, 2.24) is 0 Å². The van der Waals surface area contributed by atoms with Crippen LogP contribution in [-0.4, -0.2) is 12.3 Å². The van der Waals surface area contributed by atoms with Gasteiger partial charge in [0.25, 0.3) is 0 Å². The molecule has 0 aliphatic carbocycles. The number of carbonyl (C=O) groups excluding carboxylic acids is 1. The van der Waals surface area contributed by atoms with Gasteiger partial charge in [-0.05, 0) is 13.3 Å². The summed E-state index contributed by atoms with van der Waals surface area (Å²) in [6.07, 6.45) is 2.27. The third kappa shape index (κ3) is 5.06. The highest BCUT2D eigenvalue weighted by atomic mass is 16.7. The van der Waals surface area contributed by atoms with Crippen molar-refractivity contribution in [2.75, 3.05) is 0 Å². The Labute approximate surface area is 79.0 Å². The Morgan fingerprint density at radius 2 is 2.23 bits per heavy atom. The minimum atomic E-state index is -0.535. The molecule has 0 aliphatic rings. The van der Waals surface area contributed by atoms with Crippen molar-refractivity contribution in [3.63, 3.8) is 0 Å². The van der Waals surface area contributed by atoms with E-state index in [4.69, 9.17) is 9.47 Å². The lowest BCUT2D eigenvalue weighted by molar-refractivity contribution is -0.165. The molecule has 0 aromatic heterocycles. The zero-order valence-electron chi connectivity index (χ0n) is 8.21. The first-order chi connectivity index (χ1) is 6.11. The van der Waals surface area contributed by atoms with E-state index in [2.05, 4.69) is 13.2 Å². The van der Waals surface area contributed by atoms with Crippen molar-refractivity contribution in [3.8, 4) is 0 Å². The van der Waals surface area contributed by atoms with E-state index in [9.17, 15) is 4.79 Å². The van der Waals surface area contributed by atoms with Gasteiger partial charge in [0.1, 0.15) is 0 Å². The topological polar surface area (TPSA) is 35.5 Å². The standard InChI is InChI=1S/C10H16O3/c1-5-7-9(12-6-2)13-10(11)8(3)4/h6,9H,2-3,5,7H2,1,4H3. The van der Waals surface area contributed by atoms with Gasteiger partial charge in [-0.2, -0.15) is 0 Å². The monoisotopic (exact) mass is 184 g/mol. The average molecular weight is 184 g/mol. The molecule has 0 bridgehead atoms.